The van der Waals surface area contributed by atoms with Gasteiger partial charge < -0.3 is 0 Å². The molecule has 0 aliphatic heterocycles. The summed E-state index contributed by atoms with van der Waals surface area (Å²) >= 11 is -1.62. The molecule has 0 saturated heterocycles. The van der Waals surface area contributed by atoms with Crippen LogP contribution >= 0.6 is 74.4 Å². The van der Waals surface area contributed by atoms with Crippen LogP contribution in [0.2, 0.25) is 23.4 Å². The Bertz CT molecular complexity index is 430. The molecule has 0 heterocycles. The maximum atomic E-state index is 2.51. The van der Waals surface area contributed by atoms with Crippen molar-refractivity contribution in [3.05, 3.63) is 43.1 Å². The Morgan fingerprint density at radius 3 is 1.22 bits per heavy atom. The third kappa shape index (κ3) is 17.6. The average Bonchev–Trinajstić information content (AvgIpc) is 2.69. The van der Waals surface area contributed by atoms with E-state index in [9.17, 15) is 0 Å². The molecule has 23 heavy (non-hydrogen) atoms. The first kappa shape index (κ1) is 40.2. The number of hydrogen-bond acceptors (Lipinski definition) is 0. The molecule has 0 fully saturated rings. The second kappa shape index (κ2) is 13.6. The summed E-state index contributed by atoms with van der Waals surface area (Å²) in [5, 5.41) is 0. The molecule has 8 heteroatoms. The molecule has 0 aromatic heterocycles. The van der Waals surface area contributed by atoms with Crippen molar-refractivity contribution >= 4 is 74.4 Å². The first-order valence-electron chi connectivity index (χ1n) is 6.43. The van der Waals surface area contributed by atoms with Crippen LogP contribution in [0.15, 0.2) is 43.1 Å². The number of halogens is 6. The molecule has 0 N–H and O–H groups in total. The van der Waals surface area contributed by atoms with Crippen LogP contribution in [0.3, 0.4) is 0 Å². The van der Waals surface area contributed by atoms with Crippen LogP contribution in [0.25, 0.3) is 0 Å². The molecule has 141 valence electrons. The predicted molar refractivity (Wildman–Crippen MR) is 116 cm³/mol. The Morgan fingerprint density at radius 1 is 0.696 bits per heavy atom. The van der Waals surface area contributed by atoms with Crippen molar-refractivity contribution < 1.29 is 41.4 Å². The van der Waals surface area contributed by atoms with Crippen molar-refractivity contribution in [2.24, 2.45) is 0 Å². The van der Waals surface area contributed by atoms with E-state index in [0.717, 1.165) is 0 Å². The summed E-state index contributed by atoms with van der Waals surface area (Å²) in [7, 11) is 0. The van der Waals surface area contributed by atoms with E-state index < -0.39 is 17.0 Å². The number of hydrogen-bond donors (Lipinski definition) is 0. The van der Waals surface area contributed by atoms with Gasteiger partial charge in [0.05, 0.1) is 0 Å². The molecule has 0 unspecified atom stereocenters. The van der Waals surface area contributed by atoms with Crippen molar-refractivity contribution in [1.29, 1.82) is 0 Å². The van der Waals surface area contributed by atoms with Crippen LogP contribution < -0.4 is 0 Å². The van der Waals surface area contributed by atoms with Gasteiger partial charge in [0.1, 0.15) is 0 Å². The van der Waals surface area contributed by atoms with Crippen LogP contribution in [0.4, 0.5) is 0 Å². The zero-order chi connectivity index (χ0) is 13.2. The molecule has 0 nitrogen and oxygen atoms in total. The molecular weight excluding hydrogens is 750 g/mol. The van der Waals surface area contributed by atoms with E-state index in [2.05, 4.69) is 59.9 Å². The van der Waals surface area contributed by atoms with Gasteiger partial charge in [-0.1, -0.05) is 0 Å². The van der Waals surface area contributed by atoms with E-state index >= 15 is 0 Å². The summed E-state index contributed by atoms with van der Waals surface area (Å²) < 4.78 is 15.9. The summed E-state index contributed by atoms with van der Waals surface area (Å²) in [5.41, 5.74) is 0. The van der Waals surface area contributed by atoms with Crippen LogP contribution in [0, 0.1) is 0 Å². The topological polar surface area (TPSA) is 0 Å². The Kier molecular flexibility index (Phi) is 23.7. The molecule has 0 atom stereocenters. The molecule has 0 aromatic rings. The van der Waals surface area contributed by atoms with E-state index in [4.69, 9.17) is 0 Å². The summed E-state index contributed by atoms with van der Waals surface area (Å²) in [4.78, 5) is 0. The van der Waals surface area contributed by atoms with Gasteiger partial charge in [-0.2, -0.15) is 0 Å². The standard InChI is InChI=1S/2C5H5.5CH3.6ClH.2Hf/c2*1-2-4-5-3-1;;;;;;;;;;;;;/h2*1-3H,4H2;5*1H3;6*1H;;. The maximum absolute atomic E-state index is 2.87. The second-order valence-corrected chi connectivity index (χ2v) is 58.4. The molecule has 0 saturated carbocycles. The van der Waals surface area contributed by atoms with Gasteiger partial charge in [-0.15, -0.1) is 74.4 Å². The minimum absolute atomic E-state index is 0. The van der Waals surface area contributed by atoms with Crippen molar-refractivity contribution in [3.63, 3.8) is 0 Å². The zero-order valence-electron chi connectivity index (χ0n) is 14.3. The Morgan fingerprint density at radius 2 is 1.09 bits per heavy atom. The Balaban J connectivity index is -0.0000000540. The fourth-order valence-corrected chi connectivity index (χ4v) is 10.0. The first-order chi connectivity index (χ1) is 7.49. The van der Waals surface area contributed by atoms with Gasteiger partial charge in [-0.3, -0.25) is 0 Å². The normalized spacial score (nSPS) is 16.3. The summed E-state index contributed by atoms with van der Waals surface area (Å²) in [5.74, 6) is 0. The third-order valence-corrected chi connectivity index (χ3v) is 17.3. The monoisotopic (exact) mass is 781 g/mol. The van der Waals surface area contributed by atoms with Crippen LogP contribution in [0.5, 0.6) is 0 Å². The van der Waals surface area contributed by atoms with Crippen molar-refractivity contribution in [1.82, 2.24) is 0 Å². The van der Waals surface area contributed by atoms with Crippen LogP contribution in [0.1, 0.15) is 12.8 Å². The quantitative estimate of drug-likeness (QED) is 0.236. The predicted octanol–water partition coefficient (Wildman–Crippen LogP) is 8.20. The van der Waals surface area contributed by atoms with Crippen molar-refractivity contribution in [2.75, 3.05) is 0 Å². The fraction of sp³-hybridized carbons (Fsp3) is 0.467. The molecule has 0 spiro atoms. The molecule has 2 aliphatic carbocycles. The van der Waals surface area contributed by atoms with Gasteiger partial charge in [0.25, 0.3) is 0 Å². The average molecular weight is 781 g/mol. The van der Waals surface area contributed by atoms with Gasteiger partial charge in [0.15, 0.2) is 0 Å². The third-order valence-electron chi connectivity index (χ3n) is 3.15. The number of allylic oxidation sites excluding steroid dienone is 8. The summed E-state index contributed by atoms with van der Waals surface area (Å²) in [6.45, 7) is 0. The van der Waals surface area contributed by atoms with E-state index in [0.29, 0.717) is 0 Å². The minimum atomic E-state index is -2.87. The van der Waals surface area contributed by atoms with Gasteiger partial charge in [0, 0.05) is 0 Å². The molecule has 2 aliphatic rings. The van der Waals surface area contributed by atoms with Gasteiger partial charge in [-0.25, -0.2) is 0 Å². The van der Waals surface area contributed by atoms with E-state index in [1.807, 2.05) is 0 Å². The van der Waals surface area contributed by atoms with Gasteiger partial charge in [-0.05, 0) is 0 Å². The van der Waals surface area contributed by atoms with E-state index in [1.54, 1.807) is 6.66 Å². The molecule has 0 bridgehead atoms. The first-order valence-corrected chi connectivity index (χ1v) is 28.0. The zero-order valence-corrected chi connectivity index (χ0v) is 26.4. The van der Waals surface area contributed by atoms with Gasteiger partial charge >= 0.3 is 121 Å². The van der Waals surface area contributed by atoms with Crippen molar-refractivity contribution in [2.45, 2.75) is 36.2 Å². The van der Waals surface area contributed by atoms with Crippen LogP contribution in [-0.2, 0) is 41.4 Å². The Labute approximate surface area is 192 Å². The number of rotatable bonds is 1. The summed E-state index contributed by atoms with van der Waals surface area (Å²) in [6, 6.07) is 0. The van der Waals surface area contributed by atoms with Crippen LogP contribution in [-0.4, -0.2) is 0 Å². The van der Waals surface area contributed by atoms with E-state index in [-0.39, 0.29) is 74.4 Å². The molecule has 0 aromatic carbocycles. The molecule has 0 amide bonds. The van der Waals surface area contributed by atoms with E-state index in [1.165, 1.54) is 37.2 Å². The SMILES string of the molecule is Cl.Cl.Cl.Cl.Cl.Cl.[CH3][Hf]([CH3])([CH3])([CH3])([CH3])[C]1=CC=CC1.[Hf][C]1=CC=CC1. The molecular formula is C15H31Cl6Hf2. The molecule has 2 rings (SSSR count). The fourth-order valence-electron chi connectivity index (χ4n) is 1.82. The summed E-state index contributed by atoms with van der Waals surface area (Å²) in [6.07, 6.45) is 15.8. The Hall–Kier alpha value is 2.44. The second-order valence-electron chi connectivity index (χ2n) is 8.90. The van der Waals surface area contributed by atoms with Crippen molar-refractivity contribution in [3.8, 4) is 0 Å². The van der Waals surface area contributed by atoms with Gasteiger partial charge in [0.2, 0.25) is 0 Å². The molecule has 0 radical (unpaired) electrons.